The fourth-order valence-corrected chi connectivity index (χ4v) is 2.39. The number of aromatic nitrogens is 1. The lowest BCUT2D eigenvalue weighted by Gasteiger charge is -2.13. The predicted molar refractivity (Wildman–Crippen MR) is 92.4 cm³/mol. The van der Waals surface area contributed by atoms with Crippen LogP contribution in [0.25, 0.3) is 0 Å². The number of pyridine rings is 1. The van der Waals surface area contributed by atoms with Crippen molar-refractivity contribution in [3.8, 4) is 17.7 Å². The number of hydrogen-bond acceptors (Lipinski definition) is 5. The second-order valence-corrected chi connectivity index (χ2v) is 5.27. The number of aliphatic imine (C=N–C) groups is 1. The van der Waals surface area contributed by atoms with Gasteiger partial charge in [0.1, 0.15) is 17.4 Å². The Bertz CT molecular complexity index is 876. The Balaban J connectivity index is 2.57. The molecule has 0 aliphatic rings. The van der Waals surface area contributed by atoms with Crippen LogP contribution in [0.4, 0.5) is 5.69 Å². The summed E-state index contributed by atoms with van der Waals surface area (Å²) in [7, 11) is 1.57. The van der Waals surface area contributed by atoms with E-state index in [1.54, 1.807) is 38.3 Å². The van der Waals surface area contributed by atoms with E-state index in [9.17, 15) is 15.2 Å². The first-order valence-electron chi connectivity index (χ1n) is 7.58. The molecule has 0 bridgehead atoms. The van der Waals surface area contributed by atoms with E-state index in [0.29, 0.717) is 35.5 Å². The Morgan fingerprint density at radius 3 is 2.83 bits per heavy atom. The number of hydrogen-bond donors (Lipinski definition) is 1. The first-order valence-corrected chi connectivity index (χ1v) is 7.58. The highest BCUT2D eigenvalue weighted by Gasteiger charge is 2.17. The van der Waals surface area contributed by atoms with Crippen LogP contribution in [0.15, 0.2) is 34.1 Å². The van der Waals surface area contributed by atoms with Gasteiger partial charge in [0, 0.05) is 18.8 Å². The first-order chi connectivity index (χ1) is 11.5. The summed E-state index contributed by atoms with van der Waals surface area (Å²) in [6, 6.07) is 9.06. The normalized spacial score (nSPS) is 10.8. The third-order valence-electron chi connectivity index (χ3n) is 3.69. The van der Waals surface area contributed by atoms with Crippen LogP contribution >= 0.6 is 0 Å². The minimum Gasteiger partial charge on any atom is -0.497 e. The topological polar surface area (TPSA) is 87.6 Å². The highest BCUT2D eigenvalue weighted by Crippen LogP contribution is 2.23. The lowest BCUT2D eigenvalue weighted by atomic mass is 10.1. The Morgan fingerprint density at radius 2 is 2.21 bits per heavy atom. The maximum atomic E-state index is 12.3. The maximum Gasteiger partial charge on any atom is 0.271 e. The number of aromatic hydroxyl groups is 1. The van der Waals surface area contributed by atoms with E-state index in [4.69, 9.17) is 4.74 Å². The number of benzene rings is 1. The Morgan fingerprint density at radius 1 is 1.46 bits per heavy atom. The van der Waals surface area contributed by atoms with Crippen LogP contribution in [0, 0.1) is 18.3 Å². The number of nitriles is 1. The van der Waals surface area contributed by atoms with Gasteiger partial charge in [-0.15, -0.1) is 0 Å². The summed E-state index contributed by atoms with van der Waals surface area (Å²) in [6.07, 6.45) is 2.12. The number of ether oxygens (including phenoxy) is 1. The standard InChI is InChI=1S/C18H19N3O3/c1-4-8-21-17(22)15(10-19)12(2)16(18(21)23)11-20-13-6-5-7-14(9-13)24-3/h5-7,9,11,23H,4,8H2,1-3H3. The molecule has 6 nitrogen and oxygen atoms in total. The Kier molecular flexibility index (Phi) is 5.38. The highest BCUT2D eigenvalue weighted by atomic mass is 16.5. The maximum absolute atomic E-state index is 12.3. The van der Waals surface area contributed by atoms with Crippen molar-refractivity contribution < 1.29 is 9.84 Å². The van der Waals surface area contributed by atoms with Gasteiger partial charge in [-0.05, 0) is 31.0 Å². The summed E-state index contributed by atoms with van der Waals surface area (Å²) < 4.78 is 6.35. The molecule has 0 amide bonds. The van der Waals surface area contributed by atoms with E-state index in [0.717, 1.165) is 0 Å². The average Bonchev–Trinajstić information content (AvgIpc) is 2.59. The lowest BCUT2D eigenvalue weighted by molar-refractivity contribution is 0.403. The van der Waals surface area contributed by atoms with Gasteiger partial charge in [0.15, 0.2) is 0 Å². The van der Waals surface area contributed by atoms with E-state index >= 15 is 0 Å². The molecule has 1 aromatic carbocycles. The molecule has 0 spiro atoms. The van der Waals surface area contributed by atoms with Gasteiger partial charge in [-0.25, -0.2) is 0 Å². The van der Waals surface area contributed by atoms with Crippen molar-refractivity contribution in [2.45, 2.75) is 26.8 Å². The summed E-state index contributed by atoms with van der Waals surface area (Å²) in [5, 5.41) is 19.7. The molecule has 24 heavy (non-hydrogen) atoms. The van der Waals surface area contributed by atoms with Crippen LogP contribution in [-0.2, 0) is 6.54 Å². The summed E-state index contributed by atoms with van der Waals surface area (Å²) in [4.78, 5) is 16.6. The van der Waals surface area contributed by atoms with Gasteiger partial charge in [0.05, 0.1) is 18.4 Å². The smallest absolute Gasteiger partial charge is 0.271 e. The molecule has 1 heterocycles. The fraction of sp³-hybridized carbons (Fsp3) is 0.278. The van der Waals surface area contributed by atoms with Gasteiger partial charge < -0.3 is 9.84 Å². The molecule has 124 valence electrons. The molecule has 0 aliphatic heterocycles. The third-order valence-corrected chi connectivity index (χ3v) is 3.69. The van der Waals surface area contributed by atoms with Gasteiger partial charge in [-0.1, -0.05) is 13.0 Å². The van der Waals surface area contributed by atoms with E-state index in [-0.39, 0.29) is 11.4 Å². The Labute approximate surface area is 140 Å². The van der Waals surface area contributed by atoms with Gasteiger partial charge in [-0.2, -0.15) is 5.26 Å². The molecule has 1 aromatic heterocycles. The van der Waals surface area contributed by atoms with Gasteiger partial charge in [0.2, 0.25) is 5.88 Å². The van der Waals surface area contributed by atoms with Gasteiger partial charge in [0.25, 0.3) is 5.56 Å². The minimum absolute atomic E-state index is 0.0216. The van der Waals surface area contributed by atoms with E-state index in [1.165, 1.54) is 10.8 Å². The number of methoxy groups -OCH3 is 1. The molecule has 1 N–H and O–H groups in total. The molecule has 0 saturated heterocycles. The second-order valence-electron chi connectivity index (χ2n) is 5.27. The number of nitrogens with zero attached hydrogens (tertiary/aromatic N) is 3. The van der Waals surface area contributed by atoms with Crippen molar-refractivity contribution >= 4 is 11.9 Å². The molecule has 0 atom stereocenters. The summed E-state index contributed by atoms with van der Waals surface area (Å²) >= 11 is 0. The quantitative estimate of drug-likeness (QED) is 0.856. The van der Waals surface area contributed by atoms with Crippen molar-refractivity contribution in [2.75, 3.05) is 7.11 Å². The van der Waals surface area contributed by atoms with Crippen LogP contribution in [0.1, 0.15) is 30.0 Å². The zero-order valence-electron chi connectivity index (χ0n) is 13.9. The molecule has 2 rings (SSSR count). The third kappa shape index (κ3) is 3.30. The molecule has 0 radical (unpaired) electrons. The van der Waals surface area contributed by atoms with E-state index in [2.05, 4.69) is 4.99 Å². The van der Waals surface area contributed by atoms with Crippen molar-refractivity contribution in [3.05, 3.63) is 51.3 Å². The molecule has 6 heteroatoms. The molecule has 2 aromatic rings. The molecule has 0 fully saturated rings. The fourth-order valence-electron chi connectivity index (χ4n) is 2.39. The molecular weight excluding hydrogens is 306 g/mol. The largest absolute Gasteiger partial charge is 0.497 e. The van der Waals surface area contributed by atoms with Crippen LogP contribution in [0.3, 0.4) is 0 Å². The minimum atomic E-state index is -0.479. The Hall–Kier alpha value is -3.07. The molecule has 0 unspecified atom stereocenters. The van der Waals surface area contributed by atoms with Gasteiger partial charge in [-0.3, -0.25) is 14.4 Å². The van der Waals surface area contributed by atoms with Crippen molar-refractivity contribution in [2.24, 2.45) is 4.99 Å². The van der Waals surface area contributed by atoms with Gasteiger partial charge >= 0.3 is 0 Å². The van der Waals surface area contributed by atoms with E-state index < -0.39 is 5.56 Å². The molecule has 0 saturated carbocycles. The monoisotopic (exact) mass is 325 g/mol. The van der Waals surface area contributed by atoms with Crippen molar-refractivity contribution in [1.82, 2.24) is 4.57 Å². The summed E-state index contributed by atoms with van der Waals surface area (Å²) in [5.41, 5.74) is 0.961. The summed E-state index contributed by atoms with van der Waals surface area (Å²) in [5.74, 6) is 0.490. The summed E-state index contributed by atoms with van der Waals surface area (Å²) in [6.45, 7) is 3.85. The second kappa shape index (κ2) is 7.47. The zero-order chi connectivity index (χ0) is 17.7. The molecular formula is C18H19N3O3. The average molecular weight is 325 g/mol. The van der Waals surface area contributed by atoms with Crippen LogP contribution in [0.5, 0.6) is 11.6 Å². The van der Waals surface area contributed by atoms with Crippen LogP contribution in [-0.4, -0.2) is 23.0 Å². The van der Waals surface area contributed by atoms with Crippen molar-refractivity contribution in [1.29, 1.82) is 5.26 Å². The van der Waals surface area contributed by atoms with Crippen LogP contribution < -0.4 is 10.3 Å². The van der Waals surface area contributed by atoms with Crippen LogP contribution in [0.2, 0.25) is 0 Å². The lowest BCUT2D eigenvalue weighted by Crippen LogP contribution is -2.25. The SMILES string of the molecule is CCCn1c(O)c(C=Nc2cccc(OC)c2)c(C)c(C#N)c1=O. The predicted octanol–water partition coefficient (Wildman–Crippen LogP) is 2.90. The number of rotatable bonds is 5. The first kappa shape index (κ1) is 17.3. The highest BCUT2D eigenvalue weighted by molar-refractivity contribution is 5.87. The van der Waals surface area contributed by atoms with Crippen molar-refractivity contribution in [3.63, 3.8) is 0 Å². The molecule has 0 aliphatic carbocycles. The van der Waals surface area contributed by atoms with E-state index in [1.807, 2.05) is 13.0 Å². The zero-order valence-corrected chi connectivity index (χ0v) is 13.9.